The van der Waals surface area contributed by atoms with Crippen LogP contribution < -0.4 is 4.74 Å². The van der Waals surface area contributed by atoms with Gasteiger partial charge in [-0.25, -0.2) is 4.39 Å². The molecule has 76 valence electrons. The lowest BCUT2D eigenvalue weighted by molar-refractivity contribution is -0.116. The van der Waals surface area contributed by atoms with Crippen molar-refractivity contribution in [2.24, 2.45) is 0 Å². The molecule has 1 atom stereocenters. The number of hydrogen-bond acceptors (Lipinski definition) is 3. The van der Waals surface area contributed by atoms with Crippen LogP contribution in [0.3, 0.4) is 0 Å². The highest BCUT2D eigenvalue weighted by atomic mass is 19.1. The Morgan fingerprint density at radius 3 is 2.57 bits per heavy atom. The lowest BCUT2D eigenvalue weighted by Crippen LogP contribution is -2.05. The van der Waals surface area contributed by atoms with Crippen molar-refractivity contribution in [3.05, 3.63) is 29.6 Å². The first-order valence-corrected chi connectivity index (χ1v) is 4.04. The van der Waals surface area contributed by atoms with E-state index >= 15 is 0 Å². The summed E-state index contributed by atoms with van der Waals surface area (Å²) in [6.07, 6.45) is -0.314. The fourth-order valence-corrected chi connectivity index (χ4v) is 1.12. The third-order valence-electron chi connectivity index (χ3n) is 1.89. The summed E-state index contributed by atoms with van der Waals surface area (Å²) in [6, 6.07) is 4.26. The predicted octanol–water partition coefficient (Wildman–Crippen LogP) is 1.72. The SMILES string of the molecule is COc1ccc(C(C=O)OC)c(F)c1. The zero-order valence-corrected chi connectivity index (χ0v) is 7.99. The molecule has 1 aromatic rings. The Balaban J connectivity index is 3.04. The Labute approximate surface area is 81.4 Å². The summed E-state index contributed by atoms with van der Waals surface area (Å²) in [5.74, 6) is -0.102. The number of halogens is 1. The largest absolute Gasteiger partial charge is 0.497 e. The van der Waals surface area contributed by atoms with Crippen LogP contribution >= 0.6 is 0 Å². The number of carbonyl (C=O) groups is 1. The highest BCUT2D eigenvalue weighted by Crippen LogP contribution is 2.22. The summed E-state index contributed by atoms with van der Waals surface area (Å²) in [5, 5.41) is 0. The first-order valence-electron chi connectivity index (χ1n) is 4.04. The van der Waals surface area contributed by atoms with Crippen molar-refractivity contribution < 1.29 is 18.7 Å². The quantitative estimate of drug-likeness (QED) is 0.691. The molecule has 0 amide bonds. The standard InChI is InChI=1S/C10H11FO3/c1-13-7-3-4-8(9(11)5-7)10(6-12)14-2/h3-6,10H,1-2H3. The fraction of sp³-hybridized carbons (Fsp3) is 0.300. The molecule has 0 radical (unpaired) electrons. The Bertz CT molecular complexity index is 325. The molecule has 0 aliphatic carbocycles. The molecule has 0 aromatic heterocycles. The highest BCUT2D eigenvalue weighted by Gasteiger charge is 2.14. The maximum atomic E-state index is 13.3. The minimum atomic E-state index is -0.860. The van der Waals surface area contributed by atoms with E-state index in [0.717, 1.165) is 0 Å². The van der Waals surface area contributed by atoms with Crippen LogP contribution in [0.15, 0.2) is 18.2 Å². The van der Waals surface area contributed by atoms with Gasteiger partial charge in [0.1, 0.15) is 17.7 Å². The topological polar surface area (TPSA) is 35.5 Å². The number of rotatable bonds is 4. The lowest BCUT2D eigenvalue weighted by Gasteiger charge is -2.10. The van der Waals surface area contributed by atoms with Crippen molar-refractivity contribution in [1.82, 2.24) is 0 Å². The van der Waals surface area contributed by atoms with E-state index in [1.165, 1.54) is 26.4 Å². The van der Waals surface area contributed by atoms with Gasteiger partial charge in [0.2, 0.25) is 0 Å². The first kappa shape index (κ1) is 10.7. The molecule has 0 saturated carbocycles. The Morgan fingerprint density at radius 1 is 1.43 bits per heavy atom. The van der Waals surface area contributed by atoms with Gasteiger partial charge >= 0.3 is 0 Å². The van der Waals surface area contributed by atoms with E-state index in [0.29, 0.717) is 12.0 Å². The number of hydrogen-bond donors (Lipinski definition) is 0. The van der Waals surface area contributed by atoms with Gasteiger partial charge in [0.05, 0.1) is 7.11 Å². The summed E-state index contributed by atoms with van der Waals surface area (Å²) in [5.41, 5.74) is 0.211. The minimum Gasteiger partial charge on any atom is -0.497 e. The number of aldehydes is 1. The first-order chi connectivity index (χ1) is 6.72. The number of carbonyl (C=O) groups excluding carboxylic acids is 1. The van der Waals surface area contributed by atoms with Crippen LogP contribution in [0.1, 0.15) is 11.7 Å². The van der Waals surface area contributed by atoms with E-state index in [2.05, 4.69) is 0 Å². The summed E-state index contributed by atoms with van der Waals surface area (Å²) in [4.78, 5) is 10.5. The molecule has 0 fully saturated rings. The van der Waals surface area contributed by atoms with E-state index in [4.69, 9.17) is 9.47 Å². The van der Waals surface area contributed by atoms with Crippen LogP contribution in [0.5, 0.6) is 5.75 Å². The Hall–Kier alpha value is -1.42. The van der Waals surface area contributed by atoms with Gasteiger partial charge < -0.3 is 14.3 Å². The van der Waals surface area contributed by atoms with Gasteiger partial charge in [0, 0.05) is 18.7 Å². The van der Waals surface area contributed by atoms with Crippen molar-refractivity contribution in [3.8, 4) is 5.75 Å². The highest BCUT2D eigenvalue weighted by molar-refractivity contribution is 5.60. The molecule has 0 aliphatic heterocycles. The van der Waals surface area contributed by atoms with E-state index < -0.39 is 11.9 Å². The van der Waals surface area contributed by atoms with Crippen molar-refractivity contribution in [2.45, 2.75) is 6.10 Å². The van der Waals surface area contributed by atoms with Crippen LogP contribution in [-0.4, -0.2) is 20.5 Å². The van der Waals surface area contributed by atoms with Crippen molar-refractivity contribution in [3.63, 3.8) is 0 Å². The Morgan fingerprint density at radius 2 is 2.14 bits per heavy atom. The average Bonchev–Trinajstić information content (AvgIpc) is 2.22. The molecule has 1 aromatic carbocycles. The summed E-state index contributed by atoms with van der Waals surface area (Å²) in [6.45, 7) is 0. The molecule has 3 nitrogen and oxygen atoms in total. The summed E-state index contributed by atoms with van der Waals surface area (Å²) in [7, 11) is 2.80. The third-order valence-corrected chi connectivity index (χ3v) is 1.89. The summed E-state index contributed by atoms with van der Waals surface area (Å²) >= 11 is 0. The molecule has 14 heavy (non-hydrogen) atoms. The molecular formula is C10H11FO3. The van der Waals surface area contributed by atoms with Gasteiger partial charge in [-0.15, -0.1) is 0 Å². The molecule has 0 saturated heterocycles. The molecular weight excluding hydrogens is 187 g/mol. The van der Waals surface area contributed by atoms with Crippen molar-refractivity contribution in [1.29, 1.82) is 0 Å². The van der Waals surface area contributed by atoms with E-state index in [1.807, 2.05) is 0 Å². The van der Waals surface area contributed by atoms with Crippen molar-refractivity contribution in [2.75, 3.05) is 14.2 Å². The molecule has 1 unspecified atom stereocenters. The zero-order valence-electron chi connectivity index (χ0n) is 7.99. The molecule has 0 aliphatic rings. The van der Waals surface area contributed by atoms with Gasteiger partial charge in [-0.3, -0.25) is 0 Å². The second kappa shape index (κ2) is 4.72. The van der Waals surface area contributed by atoms with Crippen LogP contribution in [0.4, 0.5) is 4.39 Å². The van der Waals surface area contributed by atoms with Crippen molar-refractivity contribution >= 4 is 6.29 Å². The second-order valence-electron chi connectivity index (χ2n) is 2.68. The van der Waals surface area contributed by atoms with E-state index in [1.54, 1.807) is 6.07 Å². The monoisotopic (exact) mass is 198 g/mol. The number of benzene rings is 1. The number of methoxy groups -OCH3 is 2. The van der Waals surface area contributed by atoms with Gasteiger partial charge in [0.15, 0.2) is 6.29 Å². The smallest absolute Gasteiger partial charge is 0.153 e. The minimum absolute atomic E-state index is 0.211. The number of ether oxygens (including phenoxy) is 2. The third kappa shape index (κ3) is 2.09. The predicted molar refractivity (Wildman–Crippen MR) is 48.8 cm³/mol. The molecule has 0 bridgehead atoms. The average molecular weight is 198 g/mol. The molecule has 0 N–H and O–H groups in total. The van der Waals surface area contributed by atoms with Gasteiger partial charge in [-0.1, -0.05) is 0 Å². The van der Waals surface area contributed by atoms with E-state index in [-0.39, 0.29) is 5.56 Å². The van der Waals surface area contributed by atoms with Crippen LogP contribution in [0.2, 0.25) is 0 Å². The fourth-order valence-electron chi connectivity index (χ4n) is 1.12. The summed E-state index contributed by atoms with van der Waals surface area (Å²) < 4.78 is 23.0. The zero-order chi connectivity index (χ0) is 10.6. The molecule has 1 rings (SSSR count). The van der Waals surface area contributed by atoms with Crippen LogP contribution in [0, 0.1) is 5.82 Å². The van der Waals surface area contributed by atoms with Crippen LogP contribution in [-0.2, 0) is 9.53 Å². The molecule has 0 spiro atoms. The second-order valence-corrected chi connectivity index (χ2v) is 2.68. The van der Waals surface area contributed by atoms with Crippen LogP contribution in [0.25, 0.3) is 0 Å². The van der Waals surface area contributed by atoms with Gasteiger partial charge in [-0.2, -0.15) is 0 Å². The maximum absolute atomic E-state index is 13.3. The van der Waals surface area contributed by atoms with E-state index in [9.17, 15) is 9.18 Å². The van der Waals surface area contributed by atoms with Gasteiger partial charge in [0.25, 0.3) is 0 Å². The molecule has 4 heteroatoms. The normalized spacial score (nSPS) is 12.2. The maximum Gasteiger partial charge on any atom is 0.153 e. The molecule has 0 heterocycles. The Kier molecular flexibility index (Phi) is 3.59. The van der Waals surface area contributed by atoms with Gasteiger partial charge in [-0.05, 0) is 12.1 Å². The lowest BCUT2D eigenvalue weighted by atomic mass is 10.1.